The van der Waals surface area contributed by atoms with E-state index in [9.17, 15) is 14.2 Å². The van der Waals surface area contributed by atoms with Gasteiger partial charge in [0.05, 0.1) is 27.2 Å². The van der Waals surface area contributed by atoms with Crippen LogP contribution in [0.1, 0.15) is 75.1 Å². The number of benzene rings is 2. The highest BCUT2D eigenvalue weighted by molar-refractivity contribution is 7.87. The number of carbonyl (C=O) groups is 2. The van der Waals surface area contributed by atoms with Crippen molar-refractivity contribution in [3.05, 3.63) is 54.1 Å². The molecule has 2 aromatic carbocycles. The van der Waals surface area contributed by atoms with Crippen LogP contribution in [0.5, 0.6) is 11.5 Å². The van der Waals surface area contributed by atoms with E-state index in [4.69, 9.17) is 14.2 Å². The number of carbonyl (C=O) groups excluding carboxylic acids is 2. The van der Waals surface area contributed by atoms with Gasteiger partial charge in [0.1, 0.15) is 17.1 Å². The van der Waals surface area contributed by atoms with E-state index in [-0.39, 0.29) is 29.6 Å². The van der Waals surface area contributed by atoms with Crippen LogP contribution in [0, 0.1) is 0 Å². The molecule has 0 N–H and O–H groups in total. The topological polar surface area (TPSA) is 78.9 Å². The Bertz CT molecular complexity index is 950. The van der Waals surface area contributed by atoms with Crippen molar-refractivity contribution in [1.82, 2.24) is 0 Å². The normalized spacial score (nSPS) is 12.5. The third-order valence-corrected chi connectivity index (χ3v) is 8.90. The molecule has 0 bridgehead atoms. The summed E-state index contributed by atoms with van der Waals surface area (Å²) in [4.78, 5) is 26.1. The highest BCUT2D eigenvalue weighted by Crippen LogP contribution is 2.51. The third kappa shape index (κ3) is 8.54. The fourth-order valence-electron chi connectivity index (χ4n) is 4.00. The van der Waals surface area contributed by atoms with Crippen LogP contribution in [0.3, 0.4) is 0 Å². The molecule has 0 aromatic heterocycles. The van der Waals surface area contributed by atoms with E-state index in [1.54, 1.807) is 48.5 Å². The summed E-state index contributed by atoms with van der Waals surface area (Å²) in [5, 5.41) is 0.397. The van der Waals surface area contributed by atoms with Crippen LogP contribution in [-0.4, -0.2) is 38.5 Å². The molecule has 0 fully saturated rings. The van der Waals surface area contributed by atoms with Crippen molar-refractivity contribution in [2.24, 2.45) is 0 Å². The molecule has 0 saturated carbocycles. The quantitative estimate of drug-likeness (QED) is 0.138. The first-order chi connectivity index (χ1) is 17.0. The van der Waals surface area contributed by atoms with Gasteiger partial charge in [0.25, 0.3) is 0 Å². The summed E-state index contributed by atoms with van der Waals surface area (Å²) < 4.78 is 30.3. The highest BCUT2D eigenvalue weighted by Gasteiger charge is 2.38. The molecule has 35 heavy (non-hydrogen) atoms. The Kier molecular flexibility index (Phi) is 12.6. The Morgan fingerprint density at radius 1 is 0.771 bits per heavy atom. The van der Waals surface area contributed by atoms with E-state index >= 15 is 0 Å². The van der Waals surface area contributed by atoms with E-state index < -0.39 is 18.6 Å². The van der Waals surface area contributed by atoms with Gasteiger partial charge in [0.2, 0.25) is 5.52 Å². The summed E-state index contributed by atoms with van der Waals surface area (Å²) in [6, 6.07) is 13.5. The Hall–Kier alpha value is -2.59. The van der Waals surface area contributed by atoms with Crippen molar-refractivity contribution >= 4 is 23.9 Å². The van der Waals surface area contributed by atoms with Gasteiger partial charge < -0.3 is 18.8 Å². The number of hydrogen-bond donors (Lipinski definition) is 0. The lowest BCUT2D eigenvalue weighted by molar-refractivity contribution is -0.143. The molecular formula is C28H39O6P. The Morgan fingerprint density at radius 2 is 1.34 bits per heavy atom. The molecule has 0 aliphatic rings. The molecular weight excluding hydrogens is 463 g/mol. The zero-order chi connectivity index (χ0) is 25.5. The number of esters is 1. The van der Waals surface area contributed by atoms with E-state index in [1.165, 1.54) is 46.3 Å². The van der Waals surface area contributed by atoms with Crippen molar-refractivity contribution in [2.45, 2.75) is 64.7 Å². The smallest absolute Gasteiger partial charge is 0.306 e. The van der Waals surface area contributed by atoms with Crippen LogP contribution in [0.25, 0.3) is 0 Å². The Morgan fingerprint density at radius 3 is 1.91 bits per heavy atom. The Labute approximate surface area is 209 Å². The standard InChI is InChI=1S/C28H39O6P/c1-4-5-6-7-8-9-10-14-21-34-26(29)20-22-35(31,23-16-12-11-13-17-23)28(30)27-24(32-2)18-15-19-25(27)33-3/h11-13,15-19H,4-10,14,20-22H2,1-3H3. The van der Waals surface area contributed by atoms with Gasteiger partial charge in [-0.15, -0.1) is 0 Å². The first-order valence-electron chi connectivity index (χ1n) is 12.5. The number of methoxy groups -OCH3 is 2. The average Bonchev–Trinajstić information content (AvgIpc) is 2.90. The van der Waals surface area contributed by atoms with E-state index in [0.29, 0.717) is 11.9 Å². The largest absolute Gasteiger partial charge is 0.496 e. The van der Waals surface area contributed by atoms with Crippen LogP contribution in [0.2, 0.25) is 0 Å². The van der Waals surface area contributed by atoms with Gasteiger partial charge in [0.15, 0.2) is 7.14 Å². The molecule has 7 heteroatoms. The van der Waals surface area contributed by atoms with Crippen molar-refractivity contribution < 1.29 is 28.4 Å². The molecule has 6 nitrogen and oxygen atoms in total. The van der Waals surface area contributed by atoms with Gasteiger partial charge >= 0.3 is 5.97 Å². The second-order valence-electron chi connectivity index (χ2n) is 8.59. The second kappa shape index (κ2) is 15.4. The van der Waals surface area contributed by atoms with Crippen molar-refractivity contribution in [2.75, 3.05) is 27.0 Å². The minimum atomic E-state index is -3.68. The van der Waals surface area contributed by atoms with Gasteiger partial charge in [0, 0.05) is 11.5 Å². The minimum Gasteiger partial charge on any atom is -0.496 e. The van der Waals surface area contributed by atoms with Crippen LogP contribution in [0.4, 0.5) is 0 Å². The second-order valence-corrected chi connectivity index (χ2v) is 11.4. The molecule has 0 spiro atoms. The van der Waals surface area contributed by atoms with Crippen LogP contribution >= 0.6 is 7.14 Å². The number of rotatable bonds is 17. The third-order valence-electron chi connectivity index (χ3n) is 6.03. The van der Waals surface area contributed by atoms with Crippen molar-refractivity contribution in [1.29, 1.82) is 0 Å². The maximum Gasteiger partial charge on any atom is 0.306 e. The van der Waals surface area contributed by atoms with Gasteiger partial charge in [-0.25, -0.2) is 0 Å². The van der Waals surface area contributed by atoms with Gasteiger partial charge in [-0.3, -0.25) is 9.59 Å². The lowest BCUT2D eigenvalue weighted by Crippen LogP contribution is -2.19. The van der Waals surface area contributed by atoms with E-state index in [2.05, 4.69) is 6.92 Å². The van der Waals surface area contributed by atoms with Gasteiger partial charge in [-0.1, -0.05) is 88.3 Å². The molecule has 1 unspecified atom stereocenters. The summed E-state index contributed by atoms with van der Waals surface area (Å²) in [7, 11) is -0.790. The average molecular weight is 503 g/mol. The molecule has 1 atom stereocenters. The summed E-state index contributed by atoms with van der Waals surface area (Å²) in [6.07, 6.45) is 9.03. The molecule has 0 heterocycles. The zero-order valence-electron chi connectivity index (χ0n) is 21.3. The molecule has 0 aliphatic carbocycles. The molecule has 2 aromatic rings. The Balaban J connectivity index is 2.02. The summed E-state index contributed by atoms with van der Waals surface area (Å²) >= 11 is 0. The zero-order valence-corrected chi connectivity index (χ0v) is 22.2. The SMILES string of the molecule is CCCCCCCCCCOC(=O)CCP(=O)(C(=O)c1c(OC)cccc1OC)c1ccccc1. The van der Waals surface area contributed by atoms with Gasteiger partial charge in [-0.2, -0.15) is 0 Å². The summed E-state index contributed by atoms with van der Waals surface area (Å²) in [5.74, 6) is 0.120. The lowest BCUT2D eigenvalue weighted by atomic mass is 10.1. The van der Waals surface area contributed by atoms with Crippen LogP contribution in [-0.2, 0) is 14.1 Å². The maximum absolute atomic E-state index is 14.2. The van der Waals surface area contributed by atoms with Crippen molar-refractivity contribution in [3.63, 3.8) is 0 Å². The summed E-state index contributed by atoms with van der Waals surface area (Å²) in [5.41, 5.74) is -0.467. The lowest BCUT2D eigenvalue weighted by Gasteiger charge is -2.20. The predicted molar refractivity (Wildman–Crippen MR) is 141 cm³/mol. The van der Waals surface area contributed by atoms with E-state index in [1.807, 2.05) is 0 Å². The monoisotopic (exact) mass is 502 g/mol. The maximum atomic E-state index is 14.2. The number of unbranched alkanes of at least 4 members (excludes halogenated alkanes) is 7. The predicted octanol–water partition coefficient (Wildman–Crippen LogP) is 6.61. The van der Waals surface area contributed by atoms with E-state index in [0.717, 1.165) is 19.3 Å². The molecule has 0 amide bonds. The fourth-order valence-corrected chi connectivity index (χ4v) is 6.43. The minimum absolute atomic E-state index is 0.105. The fraction of sp³-hybridized carbons (Fsp3) is 0.500. The molecule has 192 valence electrons. The summed E-state index contributed by atoms with van der Waals surface area (Å²) in [6.45, 7) is 2.55. The molecule has 0 saturated heterocycles. The molecule has 0 aliphatic heterocycles. The van der Waals surface area contributed by atoms with Crippen LogP contribution < -0.4 is 14.8 Å². The molecule has 2 rings (SSSR count). The van der Waals surface area contributed by atoms with Crippen molar-refractivity contribution in [3.8, 4) is 11.5 Å². The highest BCUT2D eigenvalue weighted by atomic mass is 31.2. The van der Waals surface area contributed by atoms with Gasteiger partial charge in [-0.05, 0) is 18.6 Å². The number of ether oxygens (including phenoxy) is 3. The number of hydrogen-bond acceptors (Lipinski definition) is 6. The first kappa shape index (κ1) is 28.6. The first-order valence-corrected chi connectivity index (χ1v) is 14.4. The van der Waals surface area contributed by atoms with Crippen LogP contribution in [0.15, 0.2) is 48.5 Å². The molecule has 0 radical (unpaired) electrons.